The van der Waals surface area contributed by atoms with E-state index in [1.807, 2.05) is 55.5 Å². The molecule has 0 aliphatic heterocycles. The van der Waals surface area contributed by atoms with Gasteiger partial charge in [0.1, 0.15) is 5.75 Å². The molecule has 0 N–H and O–H groups in total. The maximum atomic E-state index is 11.0. The number of carbonyl (C=O) groups is 1. The van der Waals surface area contributed by atoms with Crippen molar-refractivity contribution in [3.63, 3.8) is 0 Å². The van der Waals surface area contributed by atoms with Gasteiger partial charge in [-0.05, 0) is 18.6 Å². The molecule has 2 rings (SSSR count). The average Bonchev–Trinajstić information content (AvgIpc) is 2.40. The molecular formula is C15H14O2. The minimum absolute atomic E-state index is 0.611. The minimum atomic E-state index is 0.611. The Kier molecular flexibility index (Phi) is 3.55. The normalized spacial score (nSPS) is 9.94. The number of hydrogen-bond donors (Lipinski definition) is 0. The summed E-state index contributed by atoms with van der Waals surface area (Å²) in [5.74, 6) is 0.810. The number of rotatable bonds is 4. The van der Waals surface area contributed by atoms with E-state index in [-0.39, 0.29) is 0 Å². The van der Waals surface area contributed by atoms with E-state index in [0.717, 1.165) is 23.2 Å². The van der Waals surface area contributed by atoms with Crippen molar-refractivity contribution in [1.82, 2.24) is 0 Å². The number of para-hydroxylation sites is 1. The Morgan fingerprint density at radius 1 is 1.00 bits per heavy atom. The smallest absolute Gasteiger partial charge is 0.150 e. The lowest BCUT2D eigenvalue weighted by Gasteiger charge is -2.11. The zero-order valence-corrected chi connectivity index (χ0v) is 9.72. The van der Waals surface area contributed by atoms with Crippen molar-refractivity contribution < 1.29 is 9.53 Å². The van der Waals surface area contributed by atoms with E-state index < -0.39 is 0 Å². The third kappa shape index (κ3) is 2.36. The molecule has 0 aromatic heterocycles. The van der Waals surface area contributed by atoms with Gasteiger partial charge in [0.2, 0.25) is 0 Å². The molecule has 0 unspecified atom stereocenters. The standard InChI is InChI=1S/C15H14O2/c1-2-17-15-10-6-5-9-14(15)13-8-4-3-7-12(13)11-16/h3-11H,2H2,1H3. The molecule has 0 aliphatic rings. The predicted octanol–water partition coefficient (Wildman–Crippen LogP) is 3.56. The Morgan fingerprint density at radius 2 is 1.65 bits per heavy atom. The Bertz CT molecular complexity index is 518. The van der Waals surface area contributed by atoms with E-state index in [1.54, 1.807) is 0 Å². The van der Waals surface area contributed by atoms with E-state index in [9.17, 15) is 4.79 Å². The van der Waals surface area contributed by atoms with Gasteiger partial charge in [-0.15, -0.1) is 0 Å². The third-order valence-corrected chi connectivity index (χ3v) is 2.56. The van der Waals surface area contributed by atoms with Gasteiger partial charge >= 0.3 is 0 Å². The van der Waals surface area contributed by atoms with Crippen LogP contribution in [0.5, 0.6) is 5.75 Å². The van der Waals surface area contributed by atoms with Crippen LogP contribution in [-0.4, -0.2) is 12.9 Å². The van der Waals surface area contributed by atoms with E-state index in [4.69, 9.17) is 4.74 Å². The summed E-state index contributed by atoms with van der Waals surface area (Å²) < 4.78 is 5.57. The Labute approximate surface area is 101 Å². The van der Waals surface area contributed by atoms with Gasteiger partial charge < -0.3 is 4.74 Å². The van der Waals surface area contributed by atoms with Crippen LogP contribution in [0.1, 0.15) is 17.3 Å². The number of ether oxygens (including phenoxy) is 1. The predicted molar refractivity (Wildman–Crippen MR) is 68.4 cm³/mol. The molecule has 0 saturated heterocycles. The molecule has 2 aromatic carbocycles. The highest BCUT2D eigenvalue weighted by atomic mass is 16.5. The van der Waals surface area contributed by atoms with Gasteiger partial charge in [0.25, 0.3) is 0 Å². The fourth-order valence-corrected chi connectivity index (χ4v) is 1.82. The lowest BCUT2D eigenvalue weighted by atomic mass is 10.00. The fourth-order valence-electron chi connectivity index (χ4n) is 1.82. The van der Waals surface area contributed by atoms with Crippen LogP contribution in [0.15, 0.2) is 48.5 Å². The molecule has 0 radical (unpaired) electrons. The Morgan fingerprint density at radius 3 is 2.35 bits per heavy atom. The van der Waals surface area contributed by atoms with Crippen LogP contribution in [0.3, 0.4) is 0 Å². The van der Waals surface area contributed by atoms with Crippen LogP contribution in [0.2, 0.25) is 0 Å². The van der Waals surface area contributed by atoms with Crippen molar-refractivity contribution in [2.45, 2.75) is 6.92 Å². The van der Waals surface area contributed by atoms with Crippen molar-refractivity contribution in [2.75, 3.05) is 6.61 Å². The van der Waals surface area contributed by atoms with E-state index >= 15 is 0 Å². The quantitative estimate of drug-likeness (QED) is 0.745. The van der Waals surface area contributed by atoms with Gasteiger partial charge in [0.15, 0.2) is 6.29 Å². The average molecular weight is 226 g/mol. The second-order valence-corrected chi connectivity index (χ2v) is 3.63. The van der Waals surface area contributed by atoms with Gasteiger partial charge in [0.05, 0.1) is 6.61 Å². The van der Waals surface area contributed by atoms with Crippen molar-refractivity contribution in [3.05, 3.63) is 54.1 Å². The number of carbonyl (C=O) groups excluding carboxylic acids is 1. The minimum Gasteiger partial charge on any atom is -0.493 e. The monoisotopic (exact) mass is 226 g/mol. The molecule has 0 atom stereocenters. The summed E-state index contributed by atoms with van der Waals surface area (Å²) in [5.41, 5.74) is 2.54. The molecule has 0 fully saturated rings. The third-order valence-electron chi connectivity index (χ3n) is 2.56. The first-order valence-electron chi connectivity index (χ1n) is 5.63. The van der Waals surface area contributed by atoms with E-state index in [0.29, 0.717) is 12.2 Å². The molecular weight excluding hydrogens is 212 g/mol. The molecule has 0 amide bonds. The first kappa shape index (κ1) is 11.4. The number of hydrogen-bond acceptors (Lipinski definition) is 2. The lowest BCUT2D eigenvalue weighted by molar-refractivity contribution is 0.112. The van der Waals surface area contributed by atoms with Gasteiger partial charge in [-0.3, -0.25) is 4.79 Å². The maximum Gasteiger partial charge on any atom is 0.150 e. The maximum absolute atomic E-state index is 11.0. The second kappa shape index (κ2) is 5.30. The van der Waals surface area contributed by atoms with Crippen molar-refractivity contribution >= 4 is 6.29 Å². The molecule has 86 valence electrons. The van der Waals surface area contributed by atoms with Crippen LogP contribution >= 0.6 is 0 Å². The summed E-state index contributed by atoms with van der Waals surface area (Å²) in [4.78, 5) is 11.0. The second-order valence-electron chi connectivity index (χ2n) is 3.63. The highest BCUT2D eigenvalue weighted by Gasteiger charge is 2.08. The topological polar surface area (TPSA) is 26.3 Å². The van der Waals surface area contributed by atoms with Gasteiger partial charge in [0, 0.05) is 11.1 Å². The highest BCUT2D eigenvalue weighted by Crippen LogP contribution is 2.31. The lowest BCUT2D eigenvalue weighted by Crippen LogP contribution is -1.95. The van der Waals surface area contributed by atoms with Gasteiger partial charge in [-0.2, -0.15) is 0 Å². The summed E-state index contributed by atoms with van der Waals surface area (Å²) in [6.45, 7) is 2.56. The fraction of sp³-hybridized carbons (Fsp3) is 0.133. The molecule has 2 aromatic rings. The zero-order chi connectivity index (χ0) is 12.1. The molecule has 0 bridgehead atoms. The van der Waals surface area contributed by atoms with Crippen LogP contribution < -0.4 is 4.74 Å². The summed E-state index contributed by atoms with van der Waals surface area (Å²) in [6, 6.07) is 15.3. The summed E-state index contributed by atoms with van der Waals surface area (Å²) in [7, 11) is 0. The molecule has 2 heteroatoms. The Balaban J connectivity index is 2.55. The largest absolute Gasteiger partial charge is 0.493 e. The van der Waals surface area contributed by atoms with Crippen LogP contribution in [-0.2, 0) is 0 Å². The highest BCUT2D eigenvalue weighted by molar-refractivity contribution is 5.89. The first-order valence-corrected chi connectivity index (χ1v) is 5.63. The van der Waals surface area contributed by atoms with Crippen LogP contribution in [0.4, 0.5) is 0 Å². The number of benzene rings is 2. The van der Waals surface area contributed by atoms with E-state index in [2.05, 4.69) is 0 Å². The van der Waals surface area contributed by atoms with Crippen molar-refractivity contribution in [2.24, 2.45) is 0 Å². The Hall–Kier alpha value is -2.09. The summed E-state index contributed by atoms with van der Waals surface area (Å²) in [5, 5.41) is 0. The number of aldehydes is 1. The SMILES string of the molecule is CCOc1ccccc1-c1ccccc1C=O. The van der Waals surface area contributed by atoms with Gasteiger partial charge in [-0.1, -0.05) is 42.5 Å². The van der Waals surface area contributed by atoms with Crippen molar-refractivity contribution in [3.8, 4) is 16.9 Å². The molecule has 17 heavy (non-hydrogen) atoms. The van der Waals surface area contributed by atoms with Crippen LogP contribution in [0, 0.1) is 0 Å². The zero-order valence-electron chi connectivity index (χ0n) is 9.72. The molecule has 2 nitrogen and oxygen atoms in total. The summed E-state index contributed by atoms with van der Waals surface area (Å²) in [6.07, 6.45) is 0.873. The molecule has 0 spiro atoms. The van der Waals surface area contributed by atoms with E-state index in [1.165, 1.54) is 0 Å². The molecule has 0 saturated carbocycles. The molecule has 0 heterocycles. The summed E-state index contributed by atoms with van der Waals surface area (Å²) >= 11 is 0. The van der Waals surface area contributed by atoms with Gasteiger partial charge in [-0.25, -0.2) is 0 Å². The molecule has 0 aliphatic carbocycles. The van der Waals surface area contributed by atoms with Crippen LogP contribution in [0.25, 0.3) is 11.1 Å². The van der Waals surface area contributed by atoms with Crippen molar-refractivity contribution in [1.29, 1.82) is 0 Å². The first-order chi connectivity index (χ1) is 8.36.